The summed E-state index contributed by atoms with van der Waals surface area (Å²) in [5.74, 6) is 0.360. The van der Waals surface area contributed by atoms with Gasteiger partial charge in [0.1, 0.15) is 5.69 Å². The lowest BCUT2D eigenvalue weighted by molar-refractivity contribution is 0.102. The maximum atomic E-state index is 13.0. The molecule has 0 aliphatic carbocycles. The van der Waals surface area contributed by atoms with Crippen molar-refractivity contribution in [3.63, 3.8) is 0 Å². The topological polar surface area (TPSA) is 58.1 Å². The summed E-state index contributed by atoms with van der Waals surface area (Å²) in [6.07, 6.45) is 0.853. The van der Waals surface area contributed by atoms with Crippen molar-refractivity contribution in [3.8, 4) is 0 Å². The number of anilines is 2. The molecule has 3 rings (SSSR count). The fraction of sp³-hybridized carbons (Fsp3) is 0.292. The predicted octanol–water partition coefficient (Wildman–Crippen LogP) is 4.93. The number of amides is 1. The van der Waals surface area contributed by atoms with Gasteiger partial charge in [-0.15, -0.1) is 0 Å². The van der Waals surface area contributed by atoms with Gasteiger partial charge in [0.2, 0.25) is 5.95 Å². The monoisotopic (exact) mass is 388 g/mol. The van der Waals surface area contributed by atoms with E-state index in [2.05, 4.69) is 46.2 Å². The van der Waals surface area contributed by atoms with Gasteiger partial charge < -0.3 is 10.2 Å². The maximum Gasteiger partial charge on any atom is 0.274 e. The average Bonchev–Trinajstić information content (AvgIpc) is 2.73. The SMILES string of the molecule is CCc1cccc(C)c1NC(=O)c1cc(C)nc(N(CC)Cc2ccccc2)n1. The van der Waals surface area contributed by atoms with E-state index in [0.717, 1.165) is 35.5 Å². The van der Waals surface area contributed by atoms with Crippen molar-refractivity contribution >= 4 is 17.5 Å². The molecule has 1 amide bonds. The summed E-state index contributed by atoms with van der Waals surface area (Å²) in [5.41, 5.74) is 5.36. The van der Waals surface area contributed by atoms with E-state index in [4.69, 9.17) is 0 Å². The molecule has 150 valence electrons. The zero-order chi connectivity index (χ0) is 20.8. The molecule has 29 heavy (non-hydrogen) atoms. The Balaban J connectivity index is 1.87. The summed E-state index contributed by atoms with van der Waals surface area (Å²) in [6.45, 7) is 9.49. The molecule has 0 saturated heterocycles. The van der Waals surface area contributed by atoms with Crippen LogP contribution in [-0.2, 0) is 13.0 Å². The number of hydrogen-bond acceptors (Lipinski definition) is 4. The average molecular weight is 389 g/mol. The molecule has 5 heteroatoms. The van der Waals surface area contributed by atoms with Crippen LogP contribution in [0.1, 0.15) is 46.7 Å². The first-order chi connectivity index (χ1) is 14.0. The lowest BCUT2D eigenvalue weighted by atomic mass is 10.1. The van der Waals surface area contributed by atoms with E-state index in [0.29, 0.717) is 18.2 Å². The summed E-state index contributed by atoms with van der Waals surface area (Å²) in [7, 11) is 0. The molecule has 5 nitrogen and oxygen atoms in total. The van der Waals surface area contributed by atoms with E-state index in [1.807, 2.05) is 50.2 Å². The lowest BCUT2D eigenvalue weighted by Gasteiger charge is -2.22. The Kier molecular flexibility index (Phi) is 6.60. The lowest BCUT2D eigenvalue weighted by Crippen LogP contribution is -2.26. The second kappa shape index (κ2) is 9.32. The first-order valence-electron chi connectivity index (χ1n) is 10.1. The number of nitrogens with zero attached hydrogens (tertiary/aromatic N) is 3. The minimum absolute atomic E-state index is 0.212. The Morgan fingerprint density at radius 2 is 1.76 bits per heavy atom. The molecular weight excluding hydrogens is 360 g/mol. The molecule has 0 aliphatic rings. The summed E-state index contributed by atoms with van der Waals surface area (Å²) in [6, 6.07) is 18.0. The molecule has 1 heterocycles. The highest BCUT2D eigenvalue weighted by Crippen LogP contribution is 2.22. The van der Waals surface area contributed by atoms with Gasteiger partial charge in [0.25, 0.3) is 5.91 Å². The highest BCUT2D eigenvalue weighted by atomic mass is 16.1. The molecule has 2 aromatic carbocycles. The number of carbonyl (C=O) groups excluding carboxylic acids is 1. The van der Waals surface area contributed by atoms with Gasteiger partial charge >= 0.3 is 0 Å². The van der Waals surface area contributed by atoms with Crippen LogP contribution >= 0.6 is 0 Å². The summed E-state index contributed by atoms with van der Waals surface area (Å²) >= 11 is 0. The molecule has 0 atom stereocenters. The molecule has 0 aliphatic heterocycles. The Morgan fingerprint density at radius 3 is 2.45 bits per heavy atom. The van der Waals surface area contributed by atoms with Gasteiger partial charge in [-0.2, -0.15) is 0 Å². The molecule has 1 aromatic heterocycles. The smallest absolute Gasteiger partial charge is 0.274 e. The molecule has 0 fully saturated rings. The van der Waals surface area contributed by atoms with Crippen LogP contribution in [0.15, 0.2) is 54.6 Å². The van der Waals surface area contributed by atoms with Crippen LogP contribution in [0.4, 0.5) is 11.6 Å². The van der Waals surface area contributed by atoms with Crippen molar-refractivity contribution in [1.82, 2.24) is 9.97 Å². The van der Waals surface area contributed by atoms with E-state index < -0.39 is 0 Å². The Hall–Kier alpha value is -3.21. The van der Waals surface area contributed by atoms with Gasteiger partial charge in [-0.1, -0.05) is 55.5 Å². The third-order valence-electron chi connectivity index (χ3n) is 4.93. The van der Waals surface area contributed by atoms with E-state index in [1.54, 1.807) is 6.07 Å². The Morgan fingerprint density at radius 1 is 1.00 bits per heavy atom. The van der Waals surface area contributed by atoms with Gasteiger partial charge in [0, 0.05) is 24.5 Å². The summed E-state index contributed by atoms with van der Waals surface area (Å²) in [5, 5.41) is 3.06. The van der Waals surface area contributed by atoms with Crippen molar-refractivity contribution in [3.05, 3.63) is 82.7 Å². The largest absolute Gasteiger partial charge is 0.337 e. The highest BCUT2D eigenvalue weighted by molar-refractivity contribution is 6.04. The highest BCUT2D eigenvalue weighted by Gasteiger charge is 2.16. The van der Waals surface area contributed by atoms with Gasteiger partial charge in [-0.3, -0.25) is 4.79 Å². The molecule has 0 bridgehead atoms. The zero-order valence-electron chi connectivity index (χ0n) is 17.6. The number of rotatable bonds is 7. The van der Waals surface area contributed by atoms with Crippen LogP contribution in [-0.4, -0.2) is 22.4 Å². The summed E-state index contributed by atoms with van der Waals surface area (Å²) in [4.78, 5) is 24.2. The standard InChI is InChI=1S/C24H28N4O/c1-5-20-14-10-11-17(3)22(20)27-23(29)21-15-18(4)25-24(26-21)28(6-2)16-19-12-8-7-9-13-19/h7-15H,5-6,16H2,1-4H3,(H,27,29). The van der Waals surface area contributed by atoms with Crippen LogP contribution in [0.5, 0.6) is 0 Å². The first kappa shape index (κ1) is 20.5. The van der Waals surface area contributed by atoms with E-state index in [1.165, 1.54) is 5.56 Å². The van der Waals surface area contributed by atoms with Gasteiger partial charge in [-0.05, 0) is 49.9 Å². The number of carbonyl (C=O) groups is 1. The molecule has 1 N–H and O–H groups in total. The van der Waals surface area contributed by atoms with Crippen LogP contribution in [0.25, 0.3) is 0 Å². The van der Waals surface area contributed by atoms with Crippen LogP contribution in [0, 0.1) is 13.8 Å². The molecule has 0 saturated carbocycles. The molecule has 3 aromatic rings. The van der Waals surface area contributed by atoms with E-state index in [9.17, 15) is 4.79 Å². The second-order valence-corrected chi connectivity index (χ2v) is 7.11. The third kappa shape index (κ3) is 4.99. The van der Waals surface area contributed by atoms with Crippen LogP contribution in [0.2, 0.25) is 0 Å². The summed E-state index contributed by atoms with van der Waals surface area (Å²) < 4.78 is 0. The zero-order valence-corrected chi connectivity index (χ0v) is 17.6. The second-order valence-electron chi connectivity index (χ2n) is 7.11. The number of para-hydroxylation sites is 1. The van der Waals surface area contributed by atoms with E-state index in [-0.39, 0.29) is 5.91 Å². The van der Waals surface area contributed by atoms with E-state index >= 15 is 0 Å². The van der Waals surface area contributed by atoms with Gasteiger partial charge in [0.05, 0.1) is 0 Å². The van der Waals surface area contributed by atoms with Crippen molar-refractivity contribution in [1.29, 1.82) is 0 Å². The number of aryl methyl sites for hydroxylation is 3. The van der Waals surface area contributed by atoms with Crippen molar-refractivity contribution in [2.75, 3.05) is 16.8 Å². The van der Waals surface area contributed by atoms with Crippen LogP contribution < -0.4 is 10.2 Å². The minimum atomic E-state index is -0.212. The number of hydrogen-bond donors (Lipinski definition) is 1. The van der Waals surface area contributed by atoms with Crippen LogP contribution in [0.3, 0.4) is 0 Å². The number of aromatic nitrogens is 2. The Labute approximate surface area is 172 Å². The van der Waals surface area contributed by atoms with Crippen molar-refractivity contribution in [2.24, 2.45) is 0 Å². The number of benzene rings is 2. The quantitative estimate of drug-likeness (QED) is 0.623. The molecule has 0 spiro atoms. The molecule has 0 radical (unpaired) electrons. The van der Waals surface area contributed by atoms with Crippen molar-refractivity contribution in [2.45, 2.75) is 40.7 Å². The molecular formula is C24H28N4O. The predicted molar refractivity (Wildman–Crippen MR) is 118 cm³/mol. The minimum Gasteiger partial charge on any atom is -0.337 e. The fourth-order valence-electron chi connectivity index (χ4n) is 3.32. The first-order valence-corrected chi connectivity index (χ1v) is 10.1. The number of nitrogens with one attached hydrogen (secondary N) is 1. The Bertz CT molecular complexity index is 985. The maximum absolute atomic E-state index is 13.0. The third-order valence-corrected chi connectivity index (χ3v) is 4.93. The normalized spacial score (nSPS) is 10.6. The van der Waals surface area contributed by atoms with Gasteiger partial charge in [-0.25, -0.2) is 9.97 Å². The van der Waals surface area contributed by atoms with Crippen molar-refractivity contribution < 1.29 is 4.79 Å². The van der Waals surface area contributed by atoms with Gasteiger partial charge in [0.15, 0.2) is 0 Å². The fourth-order valence-corrected chi connectivity index (χ4v) is 3.32. The molecule has 0 unspecified atom stereocenters.